The van der Waals surface area contributed by atoms with Gasteiger partial charge in [-0.3, -0.25) is 29.1 Å². The molecule has 1 unspecified atom stereocenters. The fourth-order valence-electron chi connectivity index (χ4n) is 1.76. The number of hydrogen-bond acceptors (Lipinski definition) is 7. The highest BCUT2D eigenvalue weighted by atomic mass is 32.2. The SMILES string of the molecule is CS(=O)(=O)OCc1cnc(C2CCC(=O)NC2=O)cn1. The molecule has 0 saturated carbocycles. The van der Waals surface area contributed by atoms with E-state index in [9.17, 15) is 18.0 Å². The van der Waals surface area contributed by atoms with E-state index in [1.54, 1.807) is 0 Å². The average molecular weight is 299 g/mol. The molecule has 0 aromatic carbocycles. The standard InChI is InChI=1S/C11H13N3O5S/c1-20(17,18)19-6-7-4-13-9(5-12-7)8-2-3-10(15)14-11(8)16/h4-5,8H,2-3,6H2,1H3,(H,14,15,16). The maximum Gasteiger partial charge on any atom is 0.264 e. The summed E-state index contributed by atoms with van der Waals surface area (Å²) in [6.45, 7) is -0.207. The van der Waals surface area contributed by atoms with Crippen molar-refractivity contribution in [3.05, 3.63) is 23.8 Å². The molecule has 20 heavy (non-hydrogen) atoms. The summed E-state index contributed by atoms with van der Waals surface area (Å²) >= 11 is 0. The van der Waals surface area contributed by atoms with Crippen molar-refractivity contribution in [3.8, 4) is 0 Å². The summed E-state index contributed by atoms with van der Waals surface area (Å²) in [7, 11) is -3.54. The highest BCUT2D eigenvalue weighted by molar-refractivity contribution is 7.85. The molecule has 8 nitrogen and oxygen atoms in total. The van der Waals surface area contributed by atoms with Gasteiger partial charge in [0.2, 0.25) is 11.8 Å². The lowest BCUT2D eigenvalue weighted by Gasteiger charge is -2.19. The molecule has 1 aromatic rings. The van der Waals surface area contributed by atoms with Crippen LogP contribution >= 0.6 is 0 Å². The van der Waals surface area contributed by atoms with Crippen molar-refractivity contribution < 1.29 is 22.2 Å². The Labute approximate surface area is 115 Å². The van der Waals surface area contributed by atoms with Gasteiger partial charge in [0.1, 0.15) is 6.61 Å². The van der Waals surface area contributed by atoms with Crippen LogP contribution in [0.15, 0.2) is 12.4 Å². The van der Waals surface area contributed by atoms with Gasteiger partial charge in [0, 0.05) is 12.6 Å². The molecule has 2 rings (SSSR count). The number of rotatable bonds is 4. The van der Waals surface area contributed by atoms with Gasteiger partial charge >= 0.3 is 0 Å². The summed E-state index contributed by atoms with van der Waals surface area (Å²) in [5.74, 6) is -1.20. The van der Waals surface area contributed by atoms with Crippen molar-refractivity contribution in [1.82, 2.24) is 15.3 Å². The van der Waals surface area contributed by atoms with E-state index in [1.807, 2.05) is 0 Å². The van der Waals surface area contributed by atoms with Crippen molar-refractivity contribution in [3.63, 3.8) is 0 Å². The predicted octanol–water partition coefficient (Wildman–Crippen LogP) is -0.527. The Morgan fingerprint density at radius 3 is 2.65 bits per heavy atom. The molecule has 1 saturated heterocycles. The van der Waals surface area contributed by atoms with E-state index >= 15 is 0 Å². The summed E-state index contributed by atoms with van der Waals surface area (Å²) in [4.78, 5) is 30.7. The largest absolute Gasteiger partial charge is 0.296 e. The fraction of sp³-hybridized carbons (Fsp3) is 0.455. The monoisotopic (exact) mass is 299 g/mol. The maximum atomic E-state index is 11.6. The third kappa shape index (κ3) is 3.81. The molecule has 0 aliphatic carbocycles. The number of carbonyl (C=O) groups is 2. The highest BCUT2D eigenvalue weighted by Crippen LogP contribution is 2.22. The zero-order valence-corrected chi connectivity index (χ0v) is 11.5. The van der Waals surface area contributed by atoms with E-state index in [4.69, 9.17) is 0 Å². The minimum Gasteiger partial charge on any atom is -0.296 e. The summed E-state index contributed by atoms with van der Waals surface area (Å²) in [6, 6.07) is 0. The Morgan fingerprint density at radius 2 is 2.10 bits per heavy atom. The number of carbonyl (C=O) groups excluding carboxylic acids is 2. The van der Waals surface area contributed by atoms with Crippen LogP contribution in [0.4, 0.5) is 0 Å². The van der Waals surface area contributed by atoms with Crippen molar-refractivity contribution >= 4 is 21.9 Å². The molecule has 1 aromatic heterocycles. The van der Waals surface area contributed by atoms with Gasteiger partial charge in [0.05, 0.1) is 29.8 Å². The van der Waals surface area contributed by atoms with Crippen LogP contribution in [0.3, 0.4) is 0 Å². The lowest BCUT2D eigenvalue weighted by Crippen LogP contribution is -2.39. The Morgan fingerprint density at radius 1 is 1.35 bits per heavy atom. The maximum absolute atomic E-state index is 11.6. The molecule has 2 amide bonds. The Kier molecular flexibility index (Phi) is 4.09. The number of amides is 2. The minimum atomic E-state index is -3.54. The van der Waals surface area contributed by atoms with Crippen LogP contribution in [0.5, 0.6) is 0 Å². The van der Waals surface area contributed by atoms with E-state index in [2.05, 4.69) is 19.5 Å². The molecular formula is C11H13N3O5S. The average Bonchev–Trinajstić information content (AvgIpc) is 2.36. The van der Waals surface area contributed by atoms with Crippen LogP contribution in [0.1, 0.15) is 30.1 Å². The first kappa shape index (κ1) is 14.5. The van der Waals surface area contributed by atoms with Crippen LogP contribution in [-0.4, -0.2) is 36.5 Å². The van der Waals surface area contributed by atoms with Crippen LogP contribution in [0, 0.1) is 0 Å². The quantitative estimate of drug-likeness (QED) is 0.587. The van der Waals surface area contributed by atoms with Crippen molar-refractivity contribution in [2.75, 3.05) is 6.26 Å². The molecule has 0 bridgehead atoms. The van der Waals surface area contributed by atoms with Crippen molar-refractivity contribution in [2.24, 2.45) is 0 Å². The second-order valence-corrected chi connectivity index (χ2v) is 6.05. The van der Waals surface area contributed by atoms with Gasteiger partial charge in [-0.25, -0.2) is 0 Å². The first-order valence-corrected chi connectivity index (χ1v) is 7.66. The van der Waals surface area contributed by atoms with Gasteiger partial charge in [0.15, 0.2) is 0 Å². The predicted molar refractivity (Wildman–Crippen MR) is 66.8 cm³/mol. The first-order valence-electron chi connectivity index (χ1n) is 5.84. The van der Waals surface area contributed by atoms with Crippen molar-refractivity contribution in [1.29, 1.82) is 0 Å². The Balaban J connectivity index is 2.04. The summed E-state index contributed by atoms with van der Waals surface area (Å²) in [6.07, 6.45) is 4.33. The van der Waals surface area contributed by atoms with Crippen molar-refractivity contribution in [2.45, 2.75) is 25.4 Å². The van der Waals surface area contributed by atoms with Gasteiger partial charge in [-0.05, 0) is 6.42 Å². The third-order valence-corrected chi connectivity index (χ3v) is 3.29. The second-order valence-electron chi connectivity index (χ2n) is 4.40. The fourth-order valence-corrected chi connectivity index (χ4v) is 2.10. The second kappa shape index (κ2) is 5.63. The molecule has 108 valence electrons. The lowest BCUT2D eigenvalue weighted by atomic mass is 9.95. The molecule has 1 fully saturated rings. The van der Waals surface area contributed by atoms with Gasteiger partial charge in [-0.1, -0.05) is 0 Å². The number of aromatic nitrogens is 2. The summed E-state index contributed by atoms with van der Waals surface area (Å²) in [5.41, 5.74) is 0.782. The normalized spacial score (nSPS) is 19.8. The zero-order chi connectivity index (χ0) is 14.8. The molecule has 9 heteroatoms. The van der Waals surface area contributed by atoms with Gasteiger partial charge in [-0.15, -0.1) is 0 Å². The highest BCUT2D eigenvalue weighted by Gasteiger charge is 2.29. The minimum absolute atomic E-state index is 0.207. The number of imide groups is 1. The number of nitrogens with zero attached hydrogens (tertiary/aromatic N) is 2. The zero-order valence-electron chi connectivity index (χ0n) is 10.7. The van der Waals surface area contributed by atoms with E-state index in [-0.39, 0.29) is 18.9 Å². The van der Waals surface area contributed by atoms with E-state index in [0.717, 1.165) is 6.26 Å². The molecule has 1 N–H and O–H groups in total. The van der Waals surface area contributed by atoms with E-state index in [0.29, 0.717) is 17.8 Å². The molecule has 0 spiro atoms. The smallest absolute Gasteiger partial charge is 0.264 e. The first-order chi connectivity index (χ1) is 9.35. The van der Waals surface area contributed by atoms with Crippen LogP contribution in [-0.2, 0) is 30.5 Å². The van der Waals surface area contributed by atoms with Crippen LogP contribution < -0.4 is 5.32 Å². The third-order valence-electron chi connectivity index (χ3n) is 2.74. The molecular weight excluding hydrogens is 286 g/mol. The Hall–Kier alpha value is -1.87. The van der Waals surface area contributed by atoms with E-state index in [1.165, 1.54) is 12.4 Å². The van der Waals surface area contributed by atoms with E-state index < -0.39 is 21.9 Å². The summed E-state index contributed by atoms with van der Waals surface area (Å²) < 4.78 is 26.3. The number of nitrogens with one attached hydrogen (secondary N) is 1. The lowest BCUT2D eigenvalue weighted by molar-refractivity contribution is -0.134. The number of piperidine rings is 1. The summed E-state index contributed by atoms with van der Waals surface area (Å²) in [5, 5.41) is 2.24. The molecule has 1 aliphatic heterocycles. The van der Waals surface area contributed by atoms with Crippen LogP contribution in [0.2, 0.25) is 0 Å². The molecule has 1 aliphatic rings. The topological polar surface area (TPSA) is 115 Å². The van der Waals surface area contributed by atoms with Gasteiger partial charge < -0.3 is 0 Å². The van der Waals surface area contributed by atoms with Gasteiger partial charge in [-0.2, -0.15) is 8.42 Å². The van der Waals surface area contributed by atoms with Gasteiger partial charge in [0.25, 0.3) is 10.1 Å². The Bertz CT molecular complexity index is 626. The molecule has 1 atom stereocenters. The molecule has 2 heterocycles. The number of hydrogen-bond donors (Lipinski definition) is 1. The van der Waals surface area contributed by atoms with Crippen LogP contribution in [0.25, 0.3) is 0 Å². The molecule has 0 radical (unpaired) electrons.